The quantitative estimate of drug-likeness (QED) is 0.767. The molecule has 0 spiro atoms. The molecule has 3 nitrogen and oxygen atoms in total. The van der Waals surface area contributed by atoms with Crippen molar-refractivity contribution < 1.29 is 9.35 Å². The van der Waals surface area contributed by atoms with Crippen LogP contribution >= 0.6 is 0 Å². The van der Waals surface area contributed by atoms with E-state index in [4.69, 9.17) is 5.73 Å². The van der Waals surface area contributed by atoms with E-state index in [1.54, 1.807) is 6.07 Å². The molecule has 0 aromatic heterocycles. The number of amides is 1. The van der Waals surface area contributed by atoms with Crippen molar-refractivity contribution >= 4 is 17.1 Å². The summed E-state index contributed by atoms with van der Waals surface area (Å²) in [6.45, 7) is 0. The van der Waals surface area contributed by atoms with Crippen molar-refractivity contribution in [3.05, 3.63) is 35.4 Å². The minimum Gasteiger partial charge on any atom is -0.616 e. The standard InChI is InChI=1S/C11H13NO2S/c12-11(13)10-4-2-1-3-9(10)5-8-6-15(14)7-8/h1-4,8H,5-7H2,(H2,12,13). The first kappa shape index (κ1) is 10.5. The third-order valence-corrected chi connectivity index (χ3v) is 4.32. The summed E-state index contributed by atoms with van der Waals surface area (Å²) in [7, 11) is 0. The number of benzene rings is 1. The van der Waals surface area contributed by atoms with Crippen molar-refractivity contribution in [1.82, 2.24) is 0 Å². The summed E-state index contributed by atoms with van der Waals surface area (Å²) in [5, 5.41) is 0. The second-order valence-corrected chi connectivity index (χ2v) is 5.41. The predicted octanol–water partition coefficient (Wildman–Crippen LogP) is 0.707. The van der Waals surface area contributed by atoms with Gasteiger partial charge >= 0.3 is 0 Å². The maximum atomic E-state index is 11.1. The summed E-state index contributed by atoms with van der Waals surface area (Å²) in [6.07, 6.45) is 0.810. The molecule has 1 heterocycles. The molecule has 2 rings (SSSR count). The highest BCUT2D eigenvalue weighted by molar-refractivity contribution is 7.92. The smallest absolute Gasteiger partial charge is 0.248 e. The van der Waals surface area contributed by atoms with Crippen molar-refractivity contribution in [3.63, 3.8) is 0 Å². The Bertz CT molecular complexity index is 375. The highest BCUT2D eigenvalue weighted by atomic mass is 32.2. The highest BCUT2D eigenvalue weighted by Gasteiger charge is 2.32. The zero-order valence-electron chi connectivity index (χ0n) is 8.31. The topological polar surface area (TPSA) is 66.2 Å². The largest absolute Gasteiger partial charge is 0.616 e. The van der Waals surface area contributed by atoms with E-state index < -0.39 is 11.2 Å². The van der Waals surface area contributed by atoms with Crippen molar-refractivity contribution in [2.45, 2.75) is 6.42 Å². The van der Waals surface area contributed by atoms with Gasteiger partial charge in [-0.3, -0.25) is 4.79 Å². The Morgan fingerprint density at radius 1 is 1.47 bits per heavy atom. The van der Waals surface area contributed by atoms with Gasteiger partial charge in [0.15, 0.2) is 0 Å². The molecule has 0 bridgehead atoms. The van der Waals surface area contributed by atoms with Crippen LogP contribution in [0.1, 0.15) is 15.9 Å². The van der Waals surface area contributed by atoms with Crippen LogP contribution in [0.25, 0.3) is 0 Å². The fourth-order valence-electron chi connectivity index (χ4n) is 1.84. The molecular weight excluding hydrogens is 210 g/mol. The molecule has 2 N–H and O–H groups in total. The number of primary amides is 1. The number of rotatable bonds is 3. The minimum absolute atomic E-state index is 0.383. The van der Waals surface area contributed by atoms with Crippen LogP contribution in [0.15, 0.2) is 24.3 Å². The van der Waals surface area contributed by atoms with Gasteiger partial charge in [-0.2, -0.15) is 0 Å². The first-order chi connectivity index (χ1) is 7.16. The van der Waals surface area contributed by atoms with Crippen LogP contribution < -0.4 is 5.73 Å². The van der Waals surface area contributed by atoms with Gasteiger partial charge in [-0.15, -0.1) is 0 Å². The molecule has 1 aliphatic heterocycles. The van der Waals surface area contributed by atoms with Crippen molar-refractivity contribution in [1.29, 1.82) is 0 Å². The Labute approximate surface area is 91.8 Å². The van der Waals surface area contributed by atoms with E-state index >= 15 is 0 Å². The van der Waals surface area contributed by atoms with Crippen LogP contribution in [0.4, 0.5) is 0 Å². The molecule has 0 radical (unpaired) electrons. The normalized spacial score (nSPS) is 24.6. The average molecular weight is 223 g/mol. The van der Waals surface area contributed by atoms with E-state index in [9.17, 15) is 9.35 Å². The van der Waals surface area contributed by atoms with Crippen molar-refractivity contribution in [3.8, 4) is 0 Å². The Morgan fingerprint density at radius 3 is 2.73 bits per heavy atom. The third-order valence-electron chi connectivity index (χ3n) is 2.63. The first-order valence-electron chi connectivity index (χ1n) is 4.89. The van der Waals surface area contributed by atoms with E-state index in [2.05, 4.69) is 0 Å². The summed E-state index contributed by atoms with van der Waals surface area (Å²) in [6, 6.07) is 7.37. The molecule has 1 aromatic rings. The van der Waals surface area contributed by atoms with Crippen LogP contribution in [0, 0.1) is 5.92 Å². The molecule has 1 amide bonds. The Hall–Kier alpha value is -1.00. The van der Waals surface area contributed by atoms with Gasteiger partial charge in [0.25, 0.3) is 0 Å². The summed E-state index contributed by atoms with van der Waals surface area (Å²) in [4.78, 5) is 11.1. The lowest BCUT2D eigenvalue weighted by atomic mass is 9.97. The lowest BCUT2D eigenvalue weighted by molar-refractivity contribution is 0.0999. The minimum atomic E-state index is -0.629. The molecule has 15 heavy (non-hydrogen) atoms. The zero-order chi connectivity index (χ0) is 10.8. The number of carbonyl (C=O) groups excluding carboxylic acids is 1. The maximum absolute atomic E-state index is 11.1. The maximum Gasteiger partial charge on any atom is 0.248 e. The number of hydrogen-bond acceptors (Lipinski definition) is 2. The van der Waals surface area contributed by atoms with Gasteiger partial charge < -0.3 is 10.3 Å². The molecular formula is C11H13NO2S. The molecule has 80 valence electrons. The number of hydrogen-bond donors (Lipinski definition) is 1. The van der Waals surface area contributed by atoms with E-state index in [1.807, 2.05) is 18.2 Å². The SMILES string of the molecule is NC(=O)c1ccccc1CC1C[S+]([O-])C1. The van der Waals surface area contributed by atoms with Gasteiger partial charge in [-0.25, -0.2) is 0 Å². The summed E-state index contributed by atoms with van der Waals surface area (Å²) >= 11 is -0.629. The molecule has 4 heteroatoms. The number of nitrogens with two attached hydrogens (primary N) is 1. The molecule has 0 saturated carbocycles. The van der Waals surface area contributed by atoms with Gasteiger partial charge in [0.2, 0.25) is 5.91 Å². The average Bonchev–Trinajstić information content (AvgIpc) is 2.16. The molecule has 1 aromatic carbocycles. The van der Waals surface area contributed by atoms with Gasteiger partial charge in [0.05, 0.1) is 5.92 Å². The van der Waals surface area contributed by atoms with E-state index in [1.165, 1.54) is 0 Å². The molecule has 1 saturated heterocycles. The van der Waals surface area contributed by atoms with Crippen LogP contribution in [-0.4, -0.2) is 22.0 Å². The van der Waals surface area contributed by atoms with Crippen molar-refractivity contribution in [2.24, 2.45) is 11.7 Å². The summed E-state index contributed by atoms with van der Waals surface area (Å²) < 4.78 is 10.9. The second-order valence-electron chi connectivity index (χ2n) is 3.86. The van der Waals surface area contributed by atoms with E-state index in [0.717, 1.165) is 23.5 Å². The first-order valence-corrected chi connectivity index (χ1v) is 6.38. The lowest BCUT2D eigenvalue weighted by Gasteiger charge is -2.29. The van der Waals surface area contributed by atoms with Gasteiger partial charge in [-0.05, 0) is 18.1 Å². The Balaban J connectivity index is 2.10. The van der Waals surface area contributed by atoms with Crippen LogP contribution in [0.5, 0.6) is 0 Å². The monoisotopic (exact) mass is 223 g/mol. The third kappa shape index (κ3) is 2.33. The lowest BCUT2D eigenvalue weighted by Crippen LogP contribution is -2.37. The zero-order valence-corrected chi connectivity index (χ0v) is 9.13. The van der Waals surface area contributed by atoms with E-state index in [0.29, 0.717) is 11.5 Å². The predicted molar refractivity (Wildman–Crippen MR) is 60.0 cm³/mol. The molecule has 1 aliphatic rings. The van der Waals surface area contributed by atoms with Crippen LogP contribution in [0.3, 0.4) is 0 Å². The fraction of sp³-hybridized carbons (Fsp3) is 0.364. The molecule has 1 fully saturated rings. The van der Waals surface area contributed by atoms with Crippen LogP contribution in [0.2, 0.25) is 0 Å². The molecule has 0 unspecified atom stereocenters. The van der Waals surface area contributed by atoms with Gasteiger partial charge in [0, 0.05) is 5.56 Å². The van der Waals surface area contributed by atoms with Crippen molar-refractivity contribution in [2.75, 3.05) is 11.5 Å². The van der Waals surface area contributed by atoms with Crippen LogP contribution in [-0.2, 0) is 17.6 Å². The second kappa shape index (κ2) is 4.24. The summed E-state index contributed by atoms with van der Waals surface area (Å²) in [5.74, 6) is 1.58. The van der Waals surface area contributed by atoms with Gasteiger partial charge in [0.1, 0.15) is 11.5 Å². The Kier molecular flexibility index (Phi) is 2.98. The molecule has 0 aliphatic carbocycles. The van der Waals surface area contributed by atoms with E-state index in [-0.39, 0.29) is 5.91 Å². The highest BCUT2D eigenvalue weighted by Crippen LogP contribution is 2.24. The fourth-order valence-corrected chi connectivity index (χ4v) is 3.03. The number of carbonyl (C=O) groups is 1. The van der Waals surface area contributed by atoms with Gasteiger partial charge in [-0.1, -0.05) is 29.4 Å². The molecule has 0 atom stereocenters. The Morgan fingerprint density at radius 2 is 2.13 bits per heavy atom. The summed E-state index contributed by atoms with van der Waals surface area (Å²) in [5.41, 5.74) is 6.85.